The summed E-state index contributed by atoms with van der Waals surface area (Å²) in [6.07, 6.45) is 3.75. The number of nitro benzene ring substituents is 1. The lowest BCUT2D eigenvalue weighted by atomic mass is 9.98. The topological polar surface area (TPSA) is 89.4 Å². The zero-order chi connectivity index (χ0) is 21.1. The third kappa shape index (κ3) is 3.56. The number of aromatic nitrogens is 3. The molecule has 1 aliphatic rings. The van der Waals surface area contributed by atoms with Gasteiger partial charge in [-0.05, 0) is 37.1 Å². The first kappa shape index (κ1) is 19.8. The summed E-state index contributed by atoms with van der Waals surface area (Å²) in [5.41, 5.74) is 3.97. The molecule has 0 aliphatic carbocycles. The van der Waals surface area contributed by atoms with E-state index < -0.39 is 0 Å². The van der Waals surface area contributed by atoms with Crippen LogP contribution in [-0.2, 0) is 6.54 Å². The van der Waals surface area contributed by atoms with E-state index in [9.17, 15) is 10.1 Å². The van der Waals surface area contributed by atoms with Gasteiger partial charge in [0.25, 0.3) is 5.69 Å². The van der Waals surface area contributed by atoms with Crippen LogP contribution < -0.4 is 4.90 Å². The Kier molecular flexibility index (Phi) is 5.56. The first-order valence-electron chi connectivity index (χ1n) is 10.2. The molecule has 154 valence electrons. The molecular weight excluding hydrogens is 380 g/mol. The lowest BCUT2D eigenvalue weighted by Gasteiger charge is -2.25. The van der Waals surface area contributed by atoms with Gasteiger partial charge in [0.15, 0.2) is 5.82 Å². The minimum Gasteiger partial charge on any atom is -0.372 e. The first-order valence-corrected chi connectivity index (χ1v) is 10.2. The Morgan fingerprint density at radius 1 is 1.10 bits per heavy atom. The van der Waals surface area contributed by atoms with E-state index in [-0.39, 0.29) is 10.6 Å². The van der Waals surface area contributed by atoms with E-state index in [2.05, 4.69) is 41.1 Å². The number of aliphatic imine (C=N–C) groups is 1. The van der Waals surface area contributed by atoms with Crippen LogP contribution in [0.15, 0.2) is 53.8 Å². The van der Waals surface area contributed by atoms with Crippen LogP contribution in [0.4, 0.5) is 11.4 Å². The van der Waals surface area contributed by atoms with Gasteiger partial charge in [0.05, 0.1) is 21.9 Å². The van der Waals surface area contributed by atoms with Crippen molar-refractivity contribution < 1.29 is 4.92 Å². The van der Waals surface area contributed by atoms with E-state index >= 15 is 0 Å². The van der Waals surface area contributed by atoms with E-state index in [0.29, 0.717) is 23.6 Å². The van der Waals surface area contributed by atoms with Gasteiger partial charge in [-0.3, -0.25) is 19.7 Å². The summed E-state index contributed by atoms with van der Waals surface area (Å²) in [5.74, 6) is 0.705. The molecule has 3 aromatic rings. The molecule has 0 spiro atoms. The van der Waals surface area contributed by atoms with Gasteiger partial charge in [-0.25, -0.2) is 0 Å². The summed E-state index contributed by atoms with van der Waals surface area (Å²) >= 11 is 0. The second-order valence-electron chi connectivity index (χ2n) is 7.24. The first-order chi connectivity index (χ1) is 14.6. The highest BCUT2D eigenvalue weighted by molar-refractivity contribution is 6.17. The maximum Gasteiger partial charge on any atom is 0.278 e. The zero-order valence-corrected chi connectivity index (χ0v) is 17.2. The average Bonchev–Trinajstić information content (AvgIpc) is 3.16. The largest absolute Gasteiger partial charge is 0.372 e. The van der Waals surface area contributed by atoms with Crippen LogP contribution in [0, 0.1) is 10.1 Å². The van der Waals surface area contributed by atoms with E-state index in [1.54, 1.807) is 24.5 Å². The molecule has 0 amide bonds. The number of nitro groups is 1. The number of hydrogen-bond acceptors (Lipinski definition) is 6. The number of fused-ring (bicyclic) bond motifs is 3. The van der Waals surface area contributed by atoms with Gasteiger partial charge in [-0.1, -0.05) is 26.0 Å². The van der Waals surface area contributed by atoms with Crippen molar-refractivity contribution in [2.24, 2.45) is 4.99 Å². The minimum absolute atomic E-state index is 0.0456. The molecule has 1 aliphatic heterocycles. The molecule has 0 unspecified atom stereocenters. The lowest BCUT2D eigenvalue weighted by molar-refractivity contribution is -0.385. The molecule has 0 N–H and O–H groups in total. The molecule has 0 radical (unpaired) electrons. The molecule has 2 aromatic carbocycles. The Labute approximate surface area is 175 Å². The summed E-state index contributed by atoms with van der Waals surface area (Å²) < 4.78 is 1.91. The van der Waals surface area contributed by atoms with Gasteiger partial charge in [0, 0.05) is 30.4 Å². The SMILES string of the molecule is CCCN(CCC)c1ccc2c(c1)C(c1ccccc1[N+](=O)[O-])=NCc1nncn1-2. The number of nitrogens with zero attached hydrogens (tertiary/aromatic N) is 6. The average molecular weight is 404 g/mol. The minimum atomic E-state index is -0.354. The Balaban J connectivity index is 1.92. The predicted molar refractivity (Wildman–Crippen MR) is 117 cm³/mol. The highest BCUT2D eigenvalue weighted by atomic mass is 16.6. The third-order valence-corrected chi connectivity index (χ3v) is 5.20. The van der Waals surface area contributed by atoms with E-state index in [1.807, 2.05) is 10.6 Å². The van der Waals surface area contributed by atoms with Gasteiger partial charge >= 0.3 is 0 Å². The fourth-order valence-electron chi connectivity index (χ4n) is 3.90. The number of hydrogen-bond donors (Lipinski definition) is 0. The lowest BCUT2D eigenvalue weighted by Crippen LogP contribution is -2.25. The second-order valence-corrected chi connectivity index (χ2v) is 7.24. The molecule has 30 heavy (non-hydrogen) atoms. The molecule has 2 heterocycles. The van der Waals surface area contributed by atoms with Gasteiger partial charge in [0.2, 0.25) is 0 Å². The van der Waals surface area contributed by atoms with Crippen molar-refractivity contribution in [3.05, 3.63) is 75.9 Å². The fraction of sp³-hybridized carbons (Fsp3) is 0.318. The zero-order valence-electron chi connectivity index (χ0n) is 17.2. The molecule has 0 saturated heterocycles. The Bertz CT molecular complexity index is 1100. The van der Waals surface area contributed by atoms with Crippen LogP contribution in [0.3, 0.4) is 0 Å². The maximum absolute atomic E-state index is 11.7. The van der Waals surface area contributed by atoms with E-state index in [1.165, 1.54) is 6.07 Å². The van der Waals surface area contributed by atoms with Gasteiger partial charge in [-0.2, -0.15) is 0 Å². The fourth-order valence-corrected chi connectivity index (χ4v) is 3.90. The maximum atomic E-state index is 11.7. The number of anilines is 1. The van der Waals surface area contributed by atoms with Crippen LogP contribution in [0.1, 0.15) is 43.6 Å². The molecule has 4 rings (SSSR count). The molecular formula is C22H24N6O2. The van der Waals surface area contributed by atoms with Crippen molar-refractivity contribution >= 4 is 17.1 Å². The smallest absolute Gasteiger partial charge is 0.278 e. The van der Waals surface area contributed by atoms with Crippen molar-refractivity contribution in [3.8, 4) is 5.69 Å². The quantitative estimate of drug-likeness (QED) is 0.436. The van der Waals surface area contributed by atoms with Crippen molar-refractivity contribution in [3.63, 3.8) is 0 Å². The second kappa shape index (κ2) is 8.44. The standard InChI is InChI=1S/C22H24N6O2/c1-3-11-26(12-4-2)16-9-10-19-18(13-16)22(23-14-21-25-24-15-27(19)21)17-7-5-6-8-20(17)28(29)30/h5-10,13,15H,3-4,11-12,14H2,1-2H3. The van der Waals surface area contributed by atoms with Crippen molar-refractivity contribution in [1.29, 1.82) is 0 Å². The summed E-state index contributed by atoms with van der Waals surface area (Å²) in [4.78, 5) is 18.4. The highest BCUT2D eigenvalue weighted by Gasteiger charge is 2.25. The van der Waals surface area contributed by atoms with E-state index in [0.717, 1.165) is 42.9 Å². The number of benzene rings is 2. The van der Waals surface area contributed by atoms with Crippen LogP contribution >= 0.6 is 0 Å². The summed E-state index contributed by atoms with van der Waals surface area (Å²) in [6.45, 7) is 6.52. The van der Waals surface area contributed by atoms with Crippen LogP contribution in [0.2, 0.25) is 0 Å². The van der Waals surface area contributed by atoms with Crippen molar-refractivity contribution in [2.75, 3.05) is 18.0 Å². The molecule has 0 saturated carbocycles. The Morgan fingerprint density at radius 2 is 1.87 bits per heavy atom. The van der Waals surface area contributed by atoms with Crippen LogP contribution in [0.5, 0.6) is 0 Å². The van der Waals surface area contributed by atoms with Gasteiger partial charge in [-0.15, -0.1) is 10.2 Å². The monoisotopic (exact) mass is 404 g/mol. The Morgan fingerprint density at radius 3 is 2.60 bits per heavy atom. The number of rotatable bonds is 7. The van der Waals surface area contributed by atoms with Crippen molar-refractivity contribution in [2.45, 2.75) is 33.2 Å². The van der Waals surface area contributed by atoms with Crippen LogP contribution in [0.25, 0.3) is 5.69 Å². The molecule has 0 fully saturated rings. The van der Waals surface area contributed by atoms with Crippen LogP contribution in [-0.4, -0.2) is 38.5 Å². The molecule has 8 nitrogen and oxygen atoms in total. The van der Waals surface area contributed by atoms with E-state index in [4.69, 9.17) is 4.99 Å². The summed E-state index contributed by atoms with van der Waals surface area (Å²) in [5, 5.41) is 19.9. The molecule has 0 bridgehead atoms. The number of para-hydroxylation sites is 1. The molecule has 8 heteroatoms. The molecule has 1 aromatic heterocycles. The van der Waals surface area contributed by atoms with Crippen molar-refractivity contribution in [1.82, 2.24) is 14.8 Å². The predicted octanol–water partition coefficient (Wildman–Crippen LogP) is 4.15. The Hall–Kier alpha value is -3.55. The summed E-state index contributed by atoms with van der Waals surface area (Å²) in [6, 6.07) is 13.0. The third-order valence-electron chi connectivity index (χ3n) is 5.20. The van der Waals surface area contributed by atoms with Gasteiger partial charge in [0.1, 0.15) is 12.9 Å². The molecule has 0 atom stereocenters. The normalized spacial score (nSPS) is 12.5. The highest BCUT2D eigenvalue weighted by Crippen LogP contribution is 2.31. The summed E-state index contributed by atoms with van der Waals surface area (Å²) in [7, 11) is 0. The van der Waals surface area contributed by atoms with Gasteiger partial charge < -0.3 is 4.90 Å².